The Morgan fingerprint density at radius 2 is 1.75 bits per heavy atom. The van der Waals surface area contributed by atoms with Crippen molar-refractivity contribution in [2.24, 2.45) is 5.92 Å². The Kier molecular flexibility index (Phi) is 7.38. The number of nitrogens with one attached hydrogen (secondary N) is 1. The van der Waals surface area contributed by atoms with E-state index in [9.17, 15) is 13.2 Å². The molecule has 0 fully saturated rings. The van der Waals surface area contributed by atoms with E-state index in [1.807, 2.05) is 44.2 Å². The van der Waals surface area contributed by atoms with Crippen LogP contribution in [0.2, 0.25) is 0 Å². The normalized spacial score (nSPS) is 12.0. The maximum atomic E-state index is 12.7. The number of hydrogen-bond acceptors (Lipinski definition) is 4. The molecule has 2 rings (SSSR count). The van der Waals surface area contributed by atoms with E-state index in [1.54, 1.807) is 33.0 Å². The summed E-state index contributed by atoms with van der Waals surface area (Å²) < 4.78 is 26.4. The van der Waals surface area contributed by atoms with Crippen LogP contribution in [0, 0.1) is 12.0 Å². The van der Waals surface area contributed by atoms with E-state index in [4.69, 9.17) is 0 Å². The van der Waals surface area contributed by atoms with Gasteiger partial charge >= 0.3 is 0 Å². The van der Waals surface area contributed by atoms with Gasteiger partial charge in [-0.3, -0.25) is 4.79 Å². The van der Waals surface area contributed by atoms with Gasteiger partial charge in [-0.15, -0.1) is 0 Å². The van der Waals surface area contributed by atoms with E-state index in [1.165, 1.54) is 4.31 Å². The average Bonchev–Trinajstić information content (AvgIpc) is 2.66. The molecule has 5 nitrogen and oxygen atoms in total. The zero-order valence-electron chi connectivity index (χ0n) is 17.2. The molecule has 0 saturated heterocycles. The molecular weight excluding hydrogens is 372 g/mol. The Hall–Kier alpha value is -2.18. The monoisotopic (exact) mass is 401 g/mol. The van der Waals surface area contributed by atoms with Gasteiger partial charge < -0.3 is 5.32 Å². The minimum Gasteiger partial charge on any atom is -0.380 e. The second-order valence-corrected chi connectivity index (χ2v) is 10.0. The van der Waals surface area contributed by atoms with E-state index >= 15 is 0 Å². The van der Waals surface area contributed by atoms with Crippen molar-refractivity contribution < 1.29 is 13.2 Å². The molecular formula is C22H29N2O3S. The first-order valence-electron chi connectivity index (χ1n) is 9.45. The number of carbonyl (C=O) groups excluding carboxylic acids is 1. The molecule has 0 aliphatic heterocycles. The molecule has 0 spiro atoms. The Bertz CT molecular complexity index is 907. The lowest BCUT2D eigenvalue weighted by Gasteiger charge is -2.23. The molecule has 6 heteroatoms. The highest BCUT2D eigenvalue weighted by Crippen LogP contribution is 2.26. The molecule has 1 radical (unpaired) electrons. The summed E-state index contributed by atoms with van der Waals surface area (Å²) in [6, 6.07) is 16.5. The summed E-state index contributed by atoms with van der Waals surface area (Å²) in [6.45, 7) is 7.66. The van der Waals surface area contributed by atoms with E-state index in [0.29, 0.717) is 23.4 Å². The number of hydrogen-bond donors (Lipinski definition) is 1. The van der Waals surface area contributed by atoms with Crippen LogP contribution in [-0.4, -0.2) is 30.8 Å². The maximum Gasteiger partial charge on any atom is 0.216 e. The van der Waals surface area contributed by atoms with Crippen molar-refractivity contribution in [1.82, 2.24) is 4.31 Å². The van der Waals surface area contributed by atoms with Gasteiger partial charge in [-0.05, 0) is 19.4 Å². The van der Waals surface area contributed by atoms with Gasteiger partial charge in [0.15, 0.2) is 5.78 Å². The van der Waals surface area contributed by atoms with Gasteiger partial charge in [-0.25, -0.2) is 12.7 Å². The van der Waals surface area contributed by atoms with Gasteiger partial charge in [0.2, 0.25) is 10.0 Å². The van der Waals surface area contributed by atoms with Crippen molar-refractivity contribution in [3.63, 3.8) is 0 Å². The average molecular weight is 402 g/mol. The number of rotatable bonds is 9. The minimum absolute atomic E-state index is 0.0119. The number of ketones is 1. The molecule has 0 aromatic heterocycles. The fraction of sp³-hybridized carbons (Fsp3) is 0.409. The molecule has 0 atom stereocenters. The van der Waals surface area contributed by atoms with Crippen LogP contribution in [0.3, 0.4) is 0 Å². The fourth-order valence-corrected chi connectivity index (χ4v) is 3.88. The standard InChI is InChI=1S/C22H29N2O3S/c1-16(2)22(25)19-12-9-13-21(23-14-18-10-7-6-8-11-18)20(19)15-24(5)28(26,27)17(3)4/h6-12,16-17,23H,14-15H2,1-5H3. The van der Waals surface area contributed by atoms with Crippen LogP contribution in [0.4, 0.5) is 5.69 Å². The molecule has 151 valence electrons. The molecule has 0 saturated carbocycles. The molecule has 0 unspecified atom stereocenters. The molecule has 1 N–H and O–H groups in total. The van der Waals surface area contributed by atoms with Crippen molar-refractivity contribution in [3.05, 3.63) is 65.2 Å². The zero-order valence-corrected chi connectivity index (χ0v) is 18.0. The van der Waals surface area contributed by atoms with Gasteiger partial charge in [-0.2, -0.15) is 0 Å². The topological polar surface area (TPSA) is 66.5 Å². The Morgan fingerprint density at radius 1 is 1.11 bits per heavy atom. The van der Waals surface area contributed by atoms with E-state index in [-0.39, 0.29) is 18.2 Å². The van der Waals surface area contributed by atoms with E-state index in [2.05, 4.69) is 11.4 Å². The highest BCUT2D eigenvalue weighted by atomic mass is 32.2. The first-order valence-corrected chi connectivity index (χ1v) is 11.0. The van der Waals surface area contributed by atoms with Crippen molar-refractivity contribution in [1.29, 1.82) is 0 Å². The maximum absolute atomic E-state index is 12.7. The van der Waals surface area contributed by atoms with Crippen LogP contribution >= 0.6 is 0 Å². The van der Waals surface area contributed by atoms with Crippen LogP contribution in [0.1, 0.15) is 49.2 Å². The van der Waals surface area contributed by atoms with Gasteiger partial charge in [0.25, 0.3) is 0 Å². The fourth-order valence-electron chi connectivity index (χ4n) is 2.85. The van der Waals surface area contributed by atoms with Crippen molar-refractivity contribution in [2.75, 3.05) is 12.4 Å². The Balaban J connectivity index is 2.41. The second kappa shape index (κ2) is 9.34. The quantitative estimate of drug-likeness (QED) is 0.642. The summed E-state index contributed by atoms with van der Waals surface area (Å²) in [5, 5.41) is 2.79. The van der Waals surface area contributed by atoms with Crippen LogP contribution in [0.25, 0.3) is 0 Å². The predicted octanol–water partition coefficient (Wildman–Crippen LogP) is 4.11. The number of sulfonamides is 1. The van der Waals surface area contributed by atoms with Gasteiger partial charge in [-0.1, -0.05) is 56.3 Å². The predicted molar refractivity (Wildman–Crippen MR) is 114 cm³/mol. The lowest BCUT2D eigenvalue weighted by molar-refractivity contribution is 0.0938. The van der Waals surface area contributed by atoms with Gasteiger partial charge in [0.05, 0.1) is 5.25 Å². The van der Waals surface area contributed by atoms with Crippen molar-refractivity contribution in [3.8, 4) is 0 Å². The largest absolute Gasteiger partial charge is 0.380 e. The second-order valence-electron chi connectivity index (χ2n) is 7.45. The Morgan fingerprint density at radius 3 is 2.32 bits per heavy atom. The number of nitrogens with zero attached hydrogens (tertiary/aromatic N) is 1. The molecule has 0 aliphatic carbocycles. The summed E-state index contributed by atoms with van der Waals surface area (Å²) in [6.07, 6.45) is 0. The summed E-state index contributed by atoms with van der Waals surface area (Å²) in [7, 11) is -1.89. The Labute approximate surface area is 168 Å². The van der Waals surface area contributed by atoms with Crippen LogP contribution in [0.15, 0.2) is 42.5 Å². The van der Waals surface area contributed by atoms with E-state index < -0.39 is 15.3 Å². The summed E-state index contributed by atoms with van der Waals surface area (Å²) >= 11 is 0. The molecule has 2 aromatic rings. The highest BCUT2D eigenvalue weighted by molar-refractivity contribution is 7.89. The number of carbonyl (C=O) groups is 1. The number of anilines is 1. The molecule has 2 aromatic carbocycles. The smallest absolute Gasteiger partial charge is 0.216 e. The molecule has 0 amide bonds. The number of Topliss-reactive ketones (excluding diaryl/α,β-unsaturated/α-hetero) is 1. The zero-order chi connectivity index (χ0) is 20.9. The first kappa shape index (κ1) is 22.1. The van der Waals surface area contributed by atoms with Crippen LogP contribution in [0.5, 0.6) is 0 Å². The molecule has 0 bridgehead atoms. The third-order valence-corrected chi connectivity index (χ3v) is 6.81. The number of benzene rings is 2. The SMILES string of the molecule is CC(C)C(=O)c1cc[c]c(NCc2ccccc2)c1CN(C)S(=O)(=O)C(C)C. The van der Waals surface area contributed by atoms with Gasteiger partial charge in [0.1, 0.15) is 0 Å². The third kappa shape index (κ3) is 5.20. The summed E-state index contributed by atoms with van der Waals surface area (Å²) in [4.78, 5) is 12.7. The summed E-state index contributed by atoms with van der Waals surface area (Å²) in [5.74, 6) is -0.197. The molecule has 0 aliphatic rings. The molecule has 0 heterocycles. The summed E-state index contributed by atoms with van der Waals surface area (Å²) in [5.41, 5.74) is 2.94. The molecule has 28 heavy (non-hydrogen) atoms. The third-order valence-electron chi connectivity index (χ3n) is 4.62. The first-order chi connectivity index (χ1) is 13.1. The van der Waals surface area contributed by atoms with Crippen molar-refractivity contribution in [2.45, 2.75) is 46.0 Å². The van der Waals surface area contributed by atoms with Crippen molar-refractivity contribution >= 4 is 21.5 Å². The van der Waals surface area contributed by atoms with Crippen LogP contribution in [-0.2, 0) is 23.1 Å². The minimum atomic E-state index is -3.44. The highest BCUT2D eigenvalue weighted by Gasteiger charge is 2.26. The van der Waals surface area contributed by atoms with Gasteiger partial charge in [0, 0.05) is 48.9 Å². The lowest BCUT2D eigenvalue weighted by Crippen LogP contribution is -2.33. The van der Waals surface area contributed by atoms with Crippen LogP contribution < -0.4 is 5.32 Å². The van der Waals surface area contributed by atoms with E-state index in [0.717, 1.165) is 5.56 Å². The lowest BCUT2D eigenvalue weighted by atomic mass is 9.95.